The number of carbonyl (C=O) groups is 4. The van der Waals surface area contributed by atoms with Gasteiger partial charge in [-0.25, -0.2) is 4.79 Å². The lowest BCUT2D eigenvalue weighted by Gasteiger charge is -2.43. The highest BCUT2D eigenvalue weighted by Crippen LogP contribution is 2.31. The molecule has 180 valence electrons. The second-order valence-corrected chi connectivity index (χ2v) is 9.09. The van der Waals surface area contributed by atoms with Gasteiger partial charge in [0, 0.05) is 5.56 Å². The van der Waals surface area contributed by atoms with E-state index in [0.29, 0.717) is 0 Å². The second-order valence-electron chi connectivity index (χ2n) is 9.09. The van der Waals surface area contributed by atoms with Crippen LogP contribution in [-0.4, -0.2) is 64.2 Å². The Balaban J connectivity index is 1.93. The third kappa shape index (κ3) is 5.60. The molecule has 0 saturated carbocycles. The summed E-state index contributed by atoms with van der Waals surface area (Å²) in [5, 5.41) is 10.1. The summed E-state index contributed by atoms with van der Waals surface area (Å²) in [4.78, 5) is 53.8. The predicted molar refractivity (Wildman–Crippen MR) is 122 cm³/mol. The largest absolute Gasteiger partial charge is 0.480 e. The van der Waals surface area contributed by atoms with Gasteiger partial charge in [-0.3, -0.25) is 24.2 Å². The molecule has 9 nitrogen and oxygen atoms in total. The van der Waals surface area contributed by atoms with E-state index in [1.165, 1.54) is 12.1 Å². The maximum atomic E-state index is 13.5. The van der Waals surface area contributed by atoms with Gasteiger partial charge in [-0.2, -0.15) is 0 Å². The molecule has 0 aromatic heterocycles. The number of aliphatic carboxylic acids is 1. The standard InChI is InChI=1S/C25H28N2O7/c1-24(2,3)34-23(32)26-15-25(22(30)31,16-33-14-18-10-6-4-7-11-18)21(29)27(17-26)20(28)19-12-8-5-9-13-19/h4-13H,14-17H2,1-3H3,(H,30,31). The molecule has 1 N–H and O–H groups in total. The fraction of sp³-hybridized carbons (Fsp3) is 0.360. The molecule has 2 aromatic carbocycles. The van der Waals surface area contributed by atoms with Gasteiger partial charge in [0.05, 0.1) is 19.8 Å². The van der Waals surface area contributed by atoms with Gasteiger partial charge in [-0.05, 0) is 38.5 Å². The highest BCUT2D eigenvalue weighted by atomic mass is 16.6. The SMILES string of the molecule is CC(C)(C)OC(=O)N1CN(C(=O)c2ccccc2)C(=O)C(COCc2ccccc2)(C(=O)O)C1. The van der Waals surface area contributed by atoms with Crippen molar-refractivity contribution in [2.45, 2.75) is 33.0 Å². The number of imide groups is 1. The number of hydrogen-bond acceptors (Lipinski definition) is 6. The highest BCUT2D eigenvalue weighted by molar-refractivity contribution is 6.13. The molecule has 9 heteroatoms. The molecule has 1 atom stereocenters. The van der Waals surface area contributed by atoms with Gasteiger partial charge >= 0.3 is 12.1 Å². The van der Waals surface area contributed by atoms with Crippen LogP contribution in [0.1, 0.15) is 36.7 Å². The third-order valence-corrected chi connectivity index (χ3v) is 5.21. The fourth-order valence-corrected chi connectivity index (χ4v) is 3.52. The Morgan fingerprint density at radius 1 is 1.00 bits per heavy atom. The molecule has 1 aliphatic heterocycles. The molecule has 1 unspecified atom stereocenters. The van der Waals surface area contributed by atoms with E-state index in [0.717, 1.165) is 15.4 Å². The quantitative estimate of drug-likeness (QED) is 0.512. The van der Waals surface area contributed by atoms with E-state index in [2.05, 4.69) is 0 Å². The number of ether oxygens (including phenoxy) is 2. The van der Waals surface area contributed by atoms with Gasteiger partial charge in [0.15, 0.2) is 5.41 Å². The smallest absolute Gasteiger partial charge is 0.411 e. The van der Waals surface area contributed by atoms with Crippen LogP contribution < -0.4 is 0 Å². The van der Waals surface area contributed by atoms with Gasteiger partial charge in [0.1, 0.15) is 12.3 Å². The van der Waals surface area contributed by atoms with Crippen LogP contribution >= 0.6 is 0 Å². The Bertz CT molecular complexity index is 1050. The van der Waals surface area contributed by atoms with Gasteiger partial charge in [0.25, 0.3) is 11.8 Å². The number of nitrogens with zero attached hydrogens (tertiary/aromatic N) is 2. The first-order valence-corrected chi connectivity index (χ1v) is 10.8. The van der Waals surface area contributed by atoms with Crippen molar-refractivity contribution >= 4 is 23.9 Å². The lowest BCUT2D eigenvalue weighted by atomic mass is 9.84. The summed E-state index contributed by atoms with van der Waals surface area (Å²) in [5.74, 6) is -3.15. The molecule has 34 heavy (non-hydrogen) atoms. The van der Waals surface area contributed by atoms with Crippen LogP contribution in [-0.2, 0) is 25.7 Å². The van der Waals surface area contributed by atoms with Gasteiger partial charge in [-0.1, -0.05) is 48.5 Å². The number of rotatable bonds is 6. The fourth-order valence-electron chi connectivity index (χ4n) is 3.52. The van der Waals surface area contributed by atoms with Crippen molar-refractivity contribution in [3.8, 4) is 0 Å². The van der Waals surface area contributed by atoms with E-state index in [4.69, 9.17) is 9.47 Å². The monoisotopic (exact) mass is 468 g/mol. The summed E-state index contributed by atoms with van der Waals surface area (Å²) < 4.78 is 11.0. The first-order valence-electron chi connectivity index (χ1n) is 10.8. The molecule has 1 heterocycles. The molecule has 1 aliphatic rings. The Morgan fingerprint density at radius 2 is 1.59 bits per heavy atom. The van der Waals surface area contributed by atoms with Gasteiger partial charge in [0.2, 0.25) is 0 Å². The van der Waals surface area contributed by atoms with E-state index >= 15 is 0 Å². The minimum absolute atomic E-state index is 0.0578. The van der Waals surface area contributed by atoms with Crippen LogP contribution in [0.3, 0.4) is 0 Å². The molecule has 3 amide bonds. The number of carbonyl (C=O) groups excluding carboxylic acids is 3. The molecule has 0 aliphatic carbocycles. The zero-order chi connectivity index (χ0) is 24.9. The molecule has 1 fully saturated rings. The normalized spacial score (nSPS) is 18.5. The van der Waals surface area contributed by atoms with E-state index in [1.54, 1.807) is 51.1 Å². The minimum Gasteiger partial charge on any atom is -0.480 e. The number of carboxylic acid groups (broad SMARTS) is 1. The van der Waals surface area contributed by atoms with Crippen LogP contribution in [0.25, 0.3) is 0 Å². The van der Waals surface area contributed by atoms with Crippen molar-refractivity contribution in [3.63, 3.8) is 0 Å². The molecule has 0 radical (unpaired) electrons. The zero-order valence-electron chi connectivity index (χ0n) is 19.4. The second kappa shape index (κ2) is 10.0. The Labute approximate surface area is 197 Å². The number of hydrogen-bond donors (Lipinski definition) is 1. The molecule has 2 aromatic rings. The number of benzene rings is 2. The summed E-state index contributed by atoms with van der Waals surface area (Å²) in [5.41, 5.74) is -2.07. The van der Waals surface area contributed by atoms with Crippen molar-refractivity contribution in [1.82, 2.24) is 9.80 Å². The van der Waals surface area contributed by atoms with E-state index in [9.17, 15) is 24.3 Å². The van der Waals surface area contributed by atoms with Crippen molar-refractivity contribution < 1.29 is 33.8 Å². The van der Waals surface area contributed by atoms with E-state index in [-0.39, 0.29) is 12.2 Å². The number of amides is 3. The third-order valence-electron chi connectivity index (χ3n) is 5.21. The molecular weight excluding hydrogens is 440 g/mol. The summed E-state index contributed by atoms with van der Waals surface area (Å²) in [6, 6.07) is 17.0. The van der Waals surface area contributed by atoms with Crippen molar-refractivity contribution in [3.05, 3.63) is 71.8 Å². The highest BCUT2D eigenvalue weighted by Gasteiger charge is 2.56. The maximum absolute atomic E-state index is 13.5. The summed E-state index contributed by atoms with van der Waals surface area (Å²) in [6.07, 6.45) is -0.834. The minimum atomic E-state index is -2.19. The zero-order valence-corrected chi connectivity index (χ0v) is 19.4. The molecule has 0 spiro atoms. The van der Waals surface area contributed by atoms with Gasteiger partial charge in [-0.15, -0.1) is 0 Å². The summed E-state index contributed by atoms with van der Waals surface area (Å²) in [6.45, 7) is 3.59. The first kappa shape index (κ1) is 24.9. The van der Waals surface area contributed by atoms with Crippen molar-refractivity contribution in [2.24, 2.45) is 5.41 Å². The summed E-state index contributed by atoms with van der Waals surface area (Å²) >= 11 is 0. The van der Waals surface area contributed by atoms with Crippen LogP contribution in [0.4, 0.5) is 4.79 Å². The predicted octanol–water partition coefficient (Wildman–Crippen LogP) is 3.15. The Kier molecular flexibility index (Phi) is 7.36. The summed E-state index contributed by atoms with van der Waals surface area (Å²) in [7, 11) is 0. The maximum Gasteiger partial charge on any atom is 0.411 e. The van der Waals surface area contributed by atoms with E-state index < -0.39 is 54.7 Å². The molecule has 0 bridgehead atoms. The Morgan fingerprint density at radius 3 is 2.15 bits per heavy atom. The molecular formula is C25H28N2O7. The van der Waals surface area contributed by atoms with Crippen molar-refractivity contribution in [1.29, 1.82) is 0 Å². The van der Waals surface area contributed by atoms with Crippen LogP contribution in [0.5, 0.6) is 0 Å². The lowest BCUT2D eigenvalue weighted by molar-refractivity contribution is -0.172. The lowest BCUT2D eigenvalue weighted by Crippen LogP contribution is -2.66. The van der Waals surface area contributed by atoms with Crippen LogP contribution in [0.2, 0.25) is 0 Å². The molecule has 1 saturated heterocycles. The van der Waals surface area contributed by atoms with Crippen molar-refractivity contribution in [2.75, 3.05) is 19.8 Å². The van der Waals surface area contributed by atoms with E-state index in [1.807, 2.05) is 18.2 Å². The van der Waals surface area contributed by atoms with Gasteiger partial charge < -0.3 is 14.6 Å². The average molecular weight is 469 g/mol. The van der Waals surface area contributed by atoms with Crippen LogP contribution in [0, 0.1) is 5.41 Å². The number of carboxylic acids is 1. The first-order chi connectivity index (χ1) is 16.0. The van der Waals surface area contributed by atoms with Crippen LogP contribution in [0.15, 0.2) is 60.7 Å². The molecule has 3 rings (SSSR count). The average Bonchev–Trinajstić information content (AvgIpc) is 2.79. The Hall–Kier alpha value is -3.72. The topological polar surface area (TPSA) is 113 Å².